The number of hydrogen-bond donors (Lipinski definition) is 1. The van der Waals surface area contributed by atoms with Crippen molar-refractivity contribution in [3.05, 3.63) is 52.5 Å². The third-order valence-corrected chi connectivity index (χ3v) is 8.17. The highest BCUT2D eigenvalue weighted by atomic mass is 35.5. The predicted octanol–water partition coefficient (Wildman–Crippen LogP) is 3.91. The van der Waals surface area contributed by atoms with Crippen molar-refractivity contribution >= 4 is 38.9 Å². The molecule has 4 rings (SSSR count). The molecular formula is C23H28ClN3O4S. The molecule has 0 bridgehead atoms. The van der Waals surface area contributed by atoms with Crippen LogP contribution in [0.3, 0.4) is 0 Å². The molecule has 9 heteroatoms. The minimum absolute atomic E-state index is 0.148. The lowest BCUT2D eigenvalue weighted by molar-refractivity contribution is 0.102. The summed E-state index contributed by atoms with van der Waals surface area (Å²) in [7, 11) is -3.63. The molecule has 0 atom stereocenters. The molecule has 2 heterocycles. The summed E-state index contributed by atoms with van der Waals surface area (Å²) in [5.74, 6) is -0.366. The fraction of sp³-hybridized carbons (Fsp3) is 0.435. The Hall–Kier alpha value is -2.13. The molecular weight excluding hydrogens is 450 g/mol. The van der Waals surface area contributed by atoms with Crippen molar-refractivity contribution in [2.24, 2.45) is 0 Å². The molecule has 1 N–H and O–H groups in total. The highest BCUT2D eigenvalue weighted by Gasteiger charge is 2.27. The Kier molecular flexibility index (Phi) is 7.05. The number of ether oxygens (including phenoxy) is 1. The van der Waals surface area contributed by atoms with Gasteiger partial charge in [-0.3, -0.25) is 4.79 Å². The first-order valence-corrected chi connectivity index (χ1v) is 12.7. The van der Waals surface area contributed by atoms with E-state index in [2.05, 4.69) is 10.2 Å². The second-order valence-corrected chi connectivity index (χ2v) is 10.5. The van der Waals surface area contributed by atoms with Gasteiger partial charge in [0, 0.05) is 31.7 Å². The van der Waals surface area contributed by atoms with Crippen LogP contribution >= 0.6 is 11.6 Å². The third-order valence-electron chi connectivity index (χ3n) is 5.97. The third kappa shape index (κ3) is 4.78. The molecule has 7 nitrogen and oxygen atoms in total. The summed E-state index contributed by atoms with van der Waals surface area (Å²) in [6.07, 6.45) is 2.76. The van der Waals surface area contributed by atoms with Gasteiger partial charge in [0.25, 0.3) is 5.91 Å². The van der Waals surface area contributed by atoms with E-state index >= 15 is 0 Å². The molecule has 2 aromatic carbocycles. The van der Waals surface area contributed by atoms with Crippen LogP contribution in [0, 0.1) is 6.92 Å². The summed E-state index contributed by atoms with van der Waals surface area (Å²) in [6.45, 7) is 5.37. The quantitative estimate of drug-likeness (QED) is 0.706. The zero-order valence-electron chi connectivity index (χ0n) is 18.1. The van der Waals surface area contributed by atoms with E-state index in [1.54, 1.807) is 37.3 Å². The Morgan fingerprint density at radius 2 is 1.75 bits per heavy atom. The standard InChI is InChI=1S/C23H28ClN3O4S/c1-17-8-9-18(32(29,30)27-10-3-2-4-11-27)16-19(17)23(28)25-21-7-5-6-20(24)22(21)26-12-14-31-15-13-26/h5-9,16H,2-4,10-15H2,1H3,(H,25,28). The van der Waals surface area contributed by atoms with E-state index in [-0.39, 0.29) is 10.8 Å². The predicted molar refractivity (Wildman–Crippen MR) is 126 cm³/mol. The second kappa shape index (κ2) is 9.79. The van der Waals surface area contributed by atoms with Crippen LogP contribution in [0.15, 0.2) is 41.3 Å². The highest BCUT2D eigenvalue weighted by molar-refractivity contribution is 7.89. The summed E-state index contributed by atoms with van der Waals surface area (Å²) in [6, 6.07) is 10.1. The first-order chi connectivity index (χ1) is 15.4. The smallest absolute Gasteiger partial charge is 0.256 e. The number of rotatable bonds is 5. The number of carbonyl (C=O) groups excluding carboxylic acids is 1. The van der Waals surface area contributed by atoms with Crippen LogP contribution < -0.4 is 10.2 Å². The van der Waals surface area contributed by atoms with Gasteiger partial charge < -0.3 is 15.0 Å². The summed E-state index contributed by atoms with van der Waals surface area (Å²) in [5, 5.41) is 3.49. The molecule has 2 aromatic rings. The summed E-state index contributed by atoms with van der Waals surface area (Å²) in [4.78, 5) is 15.5. The van der Waals surface area contributed by atoms with Gasteiger partial charge in [-0.1, -0.05) is 30.2 Å². The fourth-order valence-corrected chi connectivity index (χ4v) is 6.01. The zero-order chi connectivity index (χ0) is 22.7. The average Bonchev–Trinajstić information content (AvgIpc) is 2.80. The van der Waals surface area contributed by atoms with E-state index in [9.17, 15) is 13.2 Å². The number of piperidine rings is 1. The van der Waals surface area contributed by atoms with Gasteiger partial charge in [-0.25, -0.2) is 8.42 Å². The maximum Gasteiger partial charge on any atom is 0.256 e. The zero-order valence-corrected chi connectivity index (χ0v) is 19.7. The molecule has 32 heavy (non-hydrogen) atoms. The minimum atomic E-state index is -3.63. The normalized spacial score (nSPS) is 17.9. The van der Waals surface area contributed by atoms with Gasteiger partial charge in [0.2, 0.25) is 10.0 Å². The van der Waals surface area contributed by atoms with Crippen molar-refractivity contribution in [3.63, 3.8) is 0 Å². The Balaban J connectivity index is 1.62. The monoisotopic (exact) mass is 477 g/mol. The Morgan fingerprint density at radius 1 is 1.03 bits per heavy atom. The van der Waals surface area contributed by atoms with Crippen LogP contribution in [0.25, 0.3) is 0 Å². The molecule has 0 radical (unpaired) electrons. The number of anilines is 2. The molecule has 1 amide bonds. The van der Waals surface area contributed by atoms with E-state index in [0.717, 1.165) is 24.9 Å². The van der Waals surface area contributed by atoms with Crippen LogP contribution in [0.2, 0.25) is 5.02 Å². The van der Waals surface area contributed by atoms with Crippen molar-refractivity contribution < 1.29 is 17.9 Å². The molecule has 2 aliphatic heterocycles. The number of sulfonamides is 1. The van der Waals surface area contributed by atoms with Gasteiger partial charge in [0.15, 0.2) is 0 Å². The number of nitrogens with zero attached hydrogens (tertiary/aromatic N) is 2. The molecule has 172 valence electrons. The van der Waals surface area contributed by atoms with Gasteiger partial charge in [-0.15, -0.1) is 0 Å². The van der Waals surface area contributed by atoms with Crippen LogP contribution in [-0.2, 0) is 14.8 Å². The number of amides is 1. The van der Waals surface area contributed by atoms with Gasteiger partial charge in [0.05, 0.1) is 34.5 Å². The van der Waals surface area contributed by atoms with E-state index < -0.39 is 10.0 Å². The first-order valence-electron chi connectivity index (χ1n) is 10.9. The van der Waals surface area contributed by atoms with E-state index in [4.69, 9.17) is 16.3 Å². The van der Waals surface area contributed by atoms with Crippen molar-refractivity contribution in [1.29, 1.82) is 0 Å². The maximum atomic E-state index is 13.2. The van der Waals surface area contributed by atoms with Crippen molar-refractivity contribution in [2.75, 3.05) is 49.6 Å². The summed E-state index contributed by atoms with van der Waals surface area (Å²) < 4.78 is 33.1. The highest BCUT2D eigenvalue weighted by Crippen LogP contribution is 2.35. The number of hydrogen-bond acceptors (Lipinski definition) is 5. The lowest BCUT2D eigenvalue weighted by atomic mass is 10.1. The number of para-hydroxylation sites is 1. The van der Waals surface area contributed by atoms with E-state index in [1.807, 2.05) is 0 Å². The molecule has 0 aromatic heterocycles. The second-order valence-electron chi connectivity index (χ2n) is 8.13. The van der Waals surface area contributed by atoms with Crippen LogP contribution in [0.1, 0.15) is 35.2 Å². The largest absolute Gasteiger partial charge is 0.378 e. The molecule has 0 saturated carbocycles. The molecule has 2 saturated heterocycles. The minimum Gasteiger partial charge on any atom is -0.378 e. The van der Waals surface area contributed by atoms with Gasteiger partial charge in [-0.05, 0) is 49.6 Å². The molecule has 0 spiro atoms. The number of carbonyl (C=O) groups is 1. The van der Waals surface area contributed by atoms with Crippen LogP contribution in [-0.4, -0.2) is 58.0 Å². The van der Waals surface area contributed by atoms with E-state index in [1.165, 1.54) is 10.4 Å². The van der Waals surface area contributed by atoms with E-state index in [0.29, 0.717) is 61.2 Å². The Morgan fingerprint density at radius 3 is 2.47 bits per heavy atom. The van der Waals surface area contributed by atoms with Crippen molar-refractivity contribution in [1.82, 2.24) is 4.31 Å². The van der Waals surface area contributed by atoms with Gasteiger partial charge in [-0.2, -0.15) is 4.31 Å². The van der Waals surface area contributed by atoms with Gasteiger partial charge >= 0.3 is 0 Å². The van der Waals surface area contributed by atoms with Gasteiger partial charge in [0.1, 0.15) is 0 Å². The molecule has 0 aliphatic carbocycles. The lowest BCUT2D eigenvalue weighted by Gasteiger charge is -2.31. The number of halogens is 1. The topological polar surface area (TPSA) is 79.0 Å². The fourth-order valence-electron chi connectivity index (χ4n) is 4.17. The number of morpholine rings is 1. The average molecular weight is 478 g/mol. The van der Waals surface area contributed by atoms with Crippen LogP contribution in [0.4, 0.5) is 11.4 Å². The molecule has 2 aliphatic rings. The number of nitrogens with one attached hydrogen (secondary N) is 1. The lowest BCUT2D eigenvalue weighted by Crippen LogP contribution is -2.37. The first kappa shape index (κ1) is 23.0. The molecule has 0 unspecified atom stereocenters. The van der Waals surface area contributed by atoms with Crippen LogP contribution in [0.5, 0.6) is 0 Å². The maximum absolute atomic E-state index is 13.2. The van der Waals surface area contributed by atoms with Crippen molar-refractivity contribution in [3.8, 4) is 0 Å². The van der Waals surface area contributed by atoms with Crippen molar-refractivity contribution in [2.45, 2.75) is 31.1 Å². The summed E-state index contributed by atoms with van der Waals surface area (Å²) in [5.41, 5.74) is 2.37. The molecule has 2 fully saturated rings. The Bertz CT molecular complexity index is 1090. The number of aryl methyl sites for hydroxylation is 1. The summed E-state index contributed by atoms with van der Waals surface area (Å²) >= 11 is 6.48. The number of benzene rings is 2. The Labute approximate surface area is 194 Å². The SMILES string of the molecule is Cc1ccc(S(=O)(=O)N2CCCCC2)cc1C(=O)Nc1cccc(Cl)c1N1CCOCC1.